The highest BCUT2D eigenvalue weighted by Crippen LogP contribution is 2.20. The first-order valence-corrected chi connectivity index (χ1v) is 11.0. The van der Waals surface area contributed by atoms with Crippen LogP contribution in [0.1, 0.15) is 58.6 Å². The van der Waals surface area contributed by atoms with E-state index in [9.17, 15) is 9.90 Å². The van der Waals surface area contributed by atoms with E-state index in [-0.39, 0.29) is 30.1 Å². The van der Waals surface area contributed by atoms with Crippen molar-refractivity contribution in [2.45, 2.75) is 58.7 Å². The van der Waals surface area contributed by atoms with Gasteiger partial charge in [-0.1, -0.05) is 30.3 Å². The number of likely N-dealkylation sites (tertiary alicyclic amines) is 1. The molecule has 1 unspecified atom stereocenters. The zero-order valence-electron chi connectivity index (χ0n) is 19.3. The SMILES string of the molecule is CCNC(=NCC1CCN(C(=O)OC(C)(C)C)CC1)NCCC(O)c1ccccc1.I. The second-order valence-corrected chi connectivity index (χ2v) is 8.77. The Hall–Kier alpha value is -1.55. The van der Waals surface area contributed by atoms with Crippen LogP contribution in [0.25, 0.3) is 0 Å². The van der Waals surface area contributed by atoms with Gasteiger partial charge in [0.1, 0.15) is 5.60 Å². The van der Waals surface area contributed by atoms with Crippen LogP contribution in [0.3, 0.4) is 0 Å². The van der Waals surface area contributed by atoms with Crippen molar-refractivity contribution in [2.75, 3.05) is 32.7 Å². The highest BCUT2D eigenvalue weighted by atomic mass is 127. The van der Waals surface area contributed by atoms with Gasteiger partial charge in [-0.2, -0.15) is 0 Å². The van der Waals surface area contributed by atoms with Crippen molar-refractivity contribution in [2.24, 2.45) is 10.9 Å². The van der Waals surface area contributed by atoms with Gasteiger partial charge in [0.2, 0.25) is 0 Å². The summed E-state index contributed by atoms with van der Waals surface area (Å²) in [5.74, 6) is 1.22. The van der Waals surface area contributed by atoms with Crippen molar-refractivity contribution < 1.29 is 14.6 Å². The van der Waals surface area contributed by atoms with E-state index in [1.807, 2.05) is 58.0 Å². The van der Waals surface area contributed by atoms with Gasteiger partial charge >= 0.3 is 6.09 Å². The van der Waals surface area contributed by atoms with Gasteiger partial charge in [-0.15, -0.1) is 24.0 Å². The molecule has 0 bridgehead atoms. The second kappa shape index (κ2) is 13.8. The zero-order valence-corrected chi connectivity index (χ0v) is 21.6. The lowest BCUT2D eigenvalue weighted by atomic mass is 9.97. The molecule has 1 atom stereocenters. The molecule has 1 amide bonds. The Morgan fingerprint density at radius 2 is 1.87 bits per heavy atom. The number of carbonyl (C=O) groups excluding carboxylic acids is 1. The van der Waals surface area contributed by atoms with Gasteiger partial charge in [0.15, 0.2) is 5.96 Å². The molecule has 1 aliphatic rings. The van der Waals surface area contributed by atoms with E-state index in [2.05, 4.69) is 10.6 Å². The van der Waals surface area contributed by atoms with Crippen molar-refractivity contribution in [1.29, 1.82) is 0 Å². The summed E-state index contributed by atoms with van der Waals surface area (Å²) in [6, 6.07) is 9.70. The Morgan fingerprint density at radius 1 is 1.23 bits per heavy atom. The lowest BCUT2D eigenvalue weighted by Crippen LogP contribution is -2.42. The minimum Gasteiger partial charge on any atom is -0.444 e. The highest BCUT2D eigenvalue weighted by molar-refractivity contribution is 14.0. The van der Waals surface area contributed by atoms with Crippen LogP contribution in [-0.2, 0) is 4.74 Å². The topological polar surface area (TPSA) is 86.2 Å². The van der Waals surface area contributed by atoms with Crippen LogP contribution in [0, 0.1) is 5.92 Å². The Kier molecular flexibility index (Phi) is 12.2. The van der Waals surface area contributed by atoms with Gasteiger partial charge < -0.3 is 25.4 Å². The van der Waals surface area contributed by atoms with E-state index >= 15 is 0 Å². The molecule has 0 aliphatic carbocycles. The quantitative estimate of drug-likeness (QED) is 0.274. The normalized spacial score (nSPS) is 16.3. The molecule has 1 aliphatic heterocycles. The van der Waals surface area contributed by atoms with Gasteiger partial charge in [-0.05, 0) is 58.4 Å². The third-order valence-corrected chi connectivity index (χ3v) is 5.01. The maximum atomic E-state index is 12.2. The first-order valence-electron chi connectivity index (χ1n) is 11.0. The fourth-order valence-electron chi connectivity index (χ4n) is 3.36. The van der Waals surface area contributed by atoms with E-state index in [1.165, 1.54) is 0 Å². The van der Waals surface area contributed by atoms with Crippen LogP contribution in [0.5, 0.6) is 0 Å². The third-order valence-electron chi connectivity index (χ3n) is 5.01. The number of halogens is 1. The second-order valence-electron chi connectivity index (χ2n) is 8.77. The van der Waals surface area contributed by atoms with Gasteiger partial charge in [0, 0.05) is 32.7 Å². The Labute approximate surface area is 204 Å². The number of benzene rings is 1. The maximum absolute atomic E-state index is 12.2. The largest absolute Gasteiger partial charge is 0.444 e. The first kappa shape index (κ1) is 27.5. The summed E-state index contributed by atoms with van der Waals surface area (Å²) in [6.07, 6.45) is 1.75. The molecule has 1 fully saturated rings. The van der Waals surface area contributed by atoms with Gasteiger partial charge in [0.05, 0.1) is 6.10 Å². The van der Waals surface area contributed by atoms with E-state index in [1.54, 1.807) is 4.90 Å². The van der Waals surface area contributed by atoms with Crippen LogP contribution in [0.2, 0.25) is 0 Å². The molecule has 0 spiro atoms. The molecule has 0 aromatic heterocycles. The number of nitrogens with one attached hydrogen (secondary N) is 2. The molecular formula is C23H39IN4O3. The Morgan fingerprint density at radius 3 is 2.45 bits per heavy atom. The summed E-state index contributed by atoms with van der Waals surface area (Å²) in [5, 5.41) is 16.9. The number of carbonyl (C=O) groups is 1. The van der Waals surface area contributed by atoms with Crippen LogP contribution >= 0.6 is 24.0 Å². The van der Waals surface area contributed by atoms with E-state index in [0.717, 1.165) is 37.5 Å². The fourth-order valence-corrected chi connectivity index (χ4v) is 3.36. The average Bonchev–Trinajstić information content (AvgIpc) is 2.71. The number of guanidine groups is 1. The van der Waals surface area contributed by atoms with Crippen LogP contribution < -0.4 is 10.6 Å². The van der Waals surface area contributed by atoms with E-state index in [4.69, 9.17) is 9.73 Å². The highest BCUT2D eigenvalue weighted by Gasteiger charge is 2.26. The monoisotopic (exact) mass is 546 g/mol. The molecule has 1 aromatic rings. The average molecular weight is 546 g/mol. The Balaban J connectivity index is 0.00000480. The van der Waals surface area contributed by atoms with Crippen LogP contribution in [-0.4, -0.2) is 60.4 Å². The lowest BCUT2D eigenvalue weighted by molar-refractivity contribution is 0.0187. The summed E-state index contributed by atoms with van der Waals surface area (Å²) in [5.41, 5.74) is 0.469. The maximum Gasteiger partial charge on any atom is 0.410 e. The number of ether oxygens (including phenoxy) is 1. The summed E-state index contributed by atoms with van der Waals surface area (Å²) >= 11 is 0. The summed E-state index contributed by atoms with van der Waals surface area (Å²) in [6.45, 7) is 11.3. The smallest absolute Gasteiger partial charge is 0.410 e. The first-order chi connectivity index (χ1) is 14.3. The van der Waals surface area contributed by atoms with Crippen molar-refractivity contribution in [1.82, 2.24) is 15.5 Å². The predicted octanol–water partition coefficient (Wildman–Crippen LogP) is 3.93. The van der Waals surface area contributed by atoms with Gasteiger partial charge in [-0.25, -0.2) is 4.79 Å². The summed E-state index contributed by atoms with van der Waals surface area (Å²) < 4.78 is 5.46. The molecule has 2 rings (SSSR count). The van der Waals surface area contributed by atoms with Crippen molar-refractivity contribution in [3.63, 3.8) is 0 Å². The number of hydrogen-bond acceptors (Lipinski definition) is 4. The molecule has 31 heavy (non-hydrogen) atoms. The van der Waals surface area contributed by atoms with Crippen molar-refractivity contribution in [3.8, 4) is 0 Å². The van der Waals surface area contributed by atoms with Crippen LogP contribution in [0.15, 0.2) is 35.3 Å². The number of nitrogens with zero attached hydrogens (tertiary/aromatic N) is 2. The predicted molar refractivity (Wildman–Crippen MR) is 136 cm³/mol. The number of hydrogen-bond donors (Lipinski definition) is 3. The van der Waals surface area contributed by atoms with Crippen molar-refractivity contribution in [3.05, 3.63) is 35.9 Å². The molecule has 0 saturated carbocycles. The molecule has 1 heterocycles. The molecule has 1 aromatic carbocycles. The molecule has 8 heteroatoms. The number of piperidine rings is 1. The summed E-state index contributed by atoms with van der Waals surface area (Å²) in [7, 11) is 0. The van der Waals surface area contributed by atoms with Crippen molar-refractivity contribution >= 4 is 36.0 Å². The molecule has 0 radical (unpaired) electrons. The van der Waals surface area contributed by atoms with Gasteiger partial charge in [0.25, 0.3) is 0 Å². The zero-order chi connectivity index (χ0) is 22.0. The lowest BCUT2D eigenvalue weighted by Gasteiger charge is -2.33. The fraction of sp³-hybridized carbons (Fsp3) is 0.652. The van der Waals surface area contributed by atoms with E-state index < -0.39 is 11.7 Å². The summed E-state index contributed by atoms with van der Waals surface area (Å²) in [4.78, 5) is 18.7. The Bertz CT molecular complexity index is 671. The minimum absolute atomic E-state index is 0. The van der Waals surface area contributed by atoms with Gasteiger partial charge in [-0.3, -0.25) is 4.99 Å². The molecular weight excluding hydrogens is 507 g/mol. The molecule has 7 nitrogen and oxygen atoms in total. The number of amides is 1. The van der Waals surface area contributed by atoms with Crippen LogP contribution in [0.4, 0.5) is 4.79 Å². The number of rotatable bonds is 7. The number of aliphatic imine (C=N–C) groups is 1. The molecule has 3 N–H and O–H groups in total. The standard InChI is InChI=1S/C23H38N4O3.HI/c1-5-24-21(25-14-11-20(28)19-9-7-6-8-10-19)26-17-18-12-15-27(16-13-18)22(29)30-23(2,3)4;/h6-10,18,20,28H,5,11-17H2,1-4H3,(H2,24,25,26);1H. The third kappa shape index (κ3) is 10.5. The number of aliphatic hydroxyl groups is 1. The molecule has 1 saturated heterocycles. The minimum atomic E-state index is -0.487. The number of aliphatic hydroxyl groups excluding tert-OH is 1. The molecule has 176 valence electrons. The van der Waals surface area contributed by atoms with E-state index in [0.29, 0.717) is 32.0 Å².